The van der Waals surface area contributed by atoms with E-state index in [9.17, 15) is 4.79 Å². The fraction of sp³-hybridized carbons (Fsp3) is 0.367. The average molecular weight is 536 g/mol. The molecule has 1 spiro atoms. The van der Waals surface area contributed by atoms with E-state index >= 15 is 0 Å². The number of aromatic nitrogens is 5. The van der Waals surface area contributed by atoms with Crippen molar-refractivity contribution >= 4 is 23.2 Å². The molecule has 10 heteroatoms. The third-order valence-corrected chi connectivity index (χ3v) is 8.95. The Kier molecular flexibility index (Phi) is 5.81. The van der Waals surface area contributed by atoms with Crippen molar-refractivity contribution in [1.29, 1.82) is 0 Å². The van der Waals surface area contributed by atoms with Gasteiger partial charge in [0.2, 0.25) is 0 Å². The summed E-state index contributed by atoms with van der Waals surface area (Å²) in [6, 6.07) is 12.5. The van der Waals surface area contributed by atoms with Crippen LogP contribution < -0.4 is 21.3 Å². The summed E-state index contributed by atoms with van der Waals surface area (Å²) in [4.78, 5) is 31.6. The normalized spacial score (nSPS) is 19.5. The van der Waals surface area contributed by atoms with Crippen LogP contribution in [-0.2, 0) is 19.9 Å². The number of carbonyl (C=O) groups excluding carboxylic acids is 1. The Hall–Kier alpha value is -4.31. The fourth-order valence-electron chi connectivity index (χ4n) is 6.70. The first kappa shape index (κ1) is 24.7. The predicted octanol–water partition coefficient (Wildman–Crippen LogP) is 3.29. The van der Waals surface area contributed by atoms with Crippen LogP contribution >= 0.6 is 0 Å². The molecule has 204 valence electrons. The van der Waals surface area contributed by atoms with Gasteiger partial charge in [-0.2, -0.15) is 5.10 Å². The van der Waals surface area contributed by atoms with Crippen LogP contribution in [0.15, 0.2) is 55.0 Å². The number of pyridine rings is 1. The highest BCUT2D eigenvalue weighted by Crippen LogP contribution is 2.50. The minimum absolute atomic E-state index is 0.0596. The second kappa shape index (κ2) is 9.41. The van der Waals surface area contributed by atoms with Crippen molar-refractivity contribution in [1.82, 2.24) is 24.7 Å². The summed E-state index contributed by atoms with van der Waals surface area (Å²) in [5, 5.41) is 4.24. The summed E-state index contributed by atoms with van der Waals surface area (Å²) in [5.41, 5.74) is 19.5. The lowest BCUT2D eigenvalue weighted by atomic mass is 9.73. The van der Waals surface area contributed by atoms with E-state index < -0.39 is 0 Å². The van der Waals surface area contributed by atoms with Crippen molar-refractivity contribution in [3.63, 3.8) is 0 Å². The molecule has 10 nitrogen and oxygen atoms in total. The number of hydrogen-bond donors (Lipinski definition) is 2. The van der Waals surface area contributed by atoms with Crippen LogP contribution in [0.4, 0.5) is 17.3 Å². The van der Waals surface area contributed by atoms with E-state index in [-0.39, 0.29) is 28.9 Å². The smallest absolute Gasteiger partial charge is 0.280 e. The molecule has 1 fully saturated rings. The maximum Gasteiger partial charge on any atom is 0.280 e. The Morgan fingerprint density at radius 2 is 1.88 bits per heavy atom. The van der Waals surface area contributed by atoms with Gasteiger partial charge in [0.15, 0.2) is 11.5 Å². The standard InChI is InChI=1S/C30H33N9O/c1-37-18-20(16-34-37)22-8-9-24-23(35-22)7-4-12-39(24)29(40)26-28(32)36-25(17-33-26)38-13-10-30(11-14-38)15-19-5-2-3-6-21(19)27(30)31/h2-3,5-6,8-9,16-18,27H,4,7,10-15,31H2,1H3,(H2,32,36). The molecule has 0 radical (unpaired) electrons. The van der Waals surface area contributed by atoms with Gasteiger partial charge < -0.3 is 21.3 Å². The Morgan fingerprint density at radius 1 is 1.05 bits per heavy atom. The van der Waals surface area contributed by atoms with Crippen molar-refractivity contribution in [3.05, 3.63) is 77.5 Å². The molecule has 1 saturated heterocycles. The van der Waals surface area contributed by atoms with E-state index in [2.05, 4.69) is 44.2 Å². The van der Waals surface area contributed by atoms with Gasteiger partial charge in [-0.25, -0.2) is 9.97 Å². The van der Waals surface area contributed by atoms with Gasteiger partial charge in [-0.05, 0) is 60.8 Å². The summed E-state index contributed by atoms with van der Waals surface area (Å²) in [6.07, 6.45) is 10.00. The molecule has 4 N–H and O–H groups in total. The number of aryl methyl sites for hydroxylation is 2. The van der Waals surface area contributed by atoms with Crippen LogP contribution in [-0.4, -0.2) is 50.3 Å². The van der Waals surface area contributed by atoms with Gasteiger partial charge in [0.1, 0.15) is 5.82 Å². The van der Waals surface area contributed by atoms with E-state index in [4.69, 9.17) is 16.5 Å². The number of piperidine rings is 1. The van der Waals surface area contributed by atoms with Crippen LogP contribution in [0.3, 0.4) is 0 Å². The molecule has 0 bridgehead atoms. The van der Waals surface area contributed by atoms with Gasteiger partial charge in [-0.3, -0.25) is 14.5 Å². The molecule has 1 aliphatic carbocycles. The third kappa shape index (κ3) is 4.02. The van der Waals surface area contributed by atoms with Gasteiger partial charge in [-0.1, -0.05) is 24.3 Å². The molecular formula is C30H33N9O. The molecule has 1 unspecified atom stereocenters. The van der Waals surface area contributed by atoms with E-state index in [1.54, 1.807) is 22.0 Å². The van der Waals surface area contributed by atoms with E-state index in [1.165, 1.54) is 11.1 Å². The van der Waals surface area contributed by atoms with Crippen LogP contribution in [0.2, 0.25) is 0 Å². The van der Waals surface area contributed by atoms with Gasteiger partial charge in [0, 0.05) is 44.5 Å². The summed E-state index contributed by atoms with van der Waals surface area (Å²) < 4.78 is 1.75. The zero-order valence-electron chi connectivity index (χ0n) is 22.6. The molecule has 2 aliphatic heterocycles. The summed E-state index contributed by atoms with van der Waals surface area (Å²) in [5.74, 6) is 0.607. The lowest BCUT2D eigenvalue weighted by Gasteiger charge is -2.42. The largest absolute Gasteiger partial charge is 0.382 e. The Labute approximate surface area is 233 Å². The van der Waals surface area contributed by atoms with Crippen LogP contribution in [0.1, 0.15) is 52.6 Å². The number of hydrogen-bond acceptors (Lipinski definition) is 8. The van der Waals surface area contributed by atoms with E-state index in [0.29, 0.717) is 12.4 Å². The monoisotopic (exact) mass is 535 g/mol. The second-order valence-corrected chi connectivity index (χ2v) is 11.3. The lowest BCUT2D eigenvalue weighted by Crippen LogP contribution is -2.44. The highest BCUT2D eigenvalue weighted by molar-refractivity contribution is 6.08. The van der Waals surface area contributed by atoms with Gasteiger partial charge >= 0.3 is 0 Å². The zero-order valence-corrected chi connectivity index (χ0v) is 22.6. The first-order chi connectivity index (χ1) is 19.4. The van der Waals surface area contributed by atoms with Crippen molar-refractivity contribution in [2.45, 2.75) is 38.1 Å². The molecule has 3 aromatic heterocycles. The Bertz CT molecular complexity index is 1600. The summed E-state index contributed by atoms with van der Waals surface area (Å²) >= 11 is 0. The minimum atomic E-state index is -0.249. The number of nitrogens with zero attached hydrogens (tertiary/aromatic N) is 7. The van der Waals surface area contributed by atoms with E-state index in [0.717, 1.165) is 67.8 Å². The van der Waals surface area contributed by atoms with Crippen molar-refractivity contribution in [3.8, 4) is 11.3 Å². The second-order valence-electron chi connectivity index (χ2n) is 11.3. The highest BCUT2D eigenvalue weighted by atomic mass is 16.2. The fourth-order valence-corrected chi connectivity index (χ4v) is 6.70. The number of benzene rings is 1. The maximum atomic E-state index is 13.6. The van der Waals surface area contributed by atoms with Crippen molar-refractivity contribution in [2.24, 2.45) is 18.2 Å². The molecular weight excluding hydrogens is 502 g/mol. The Morgan fingerprint density at radius 3 is 2.62 bits per heavy atom. The third-order valence-electron chi connectivity index (χ3n) is 8.95. The quantitative estimate of drug-likeness (QED) is 0.409. The number of amides is 1. The molecule has 1 aromatic carbocycles. The van der Waals surface area contributed by atoms with Crippen molar-refractivity contribution < 1.29 is 4.79 Å². The molecule has 1 amide bonds. The summed E-state index contributed by atoms with van der Waals surface area (Å²) in [7, 11) is 1.88. The highest BCUT2D eigenvalue weighted by Gasteiger charge is 2.46. The average Bonchev–Trinajstić information content (AvgIpc) is 3.53. The molecule has 0 saturated carbocycles. The first-order valence-corrected chi connectivity index (χ1v) is 13.9. The Balaban J connectivity index is 1.07. The predicted molar refractivity (Wildman–Crippen MR) is 154 cm³/mol. The number of rotatable bonds is 3. The number of carbonyl (C=O) groups is 1. The SMILES string of the molecule is Cn1cc(-c2ccc3c(n2)CCCN3C(=O)c2ncc(N3CCC4(CC3)Cc3ccccc3C4N)nc2N)cn1. The molecule has 4 aromatic rings. The zero-order chi connectivity index (χ0) is 27.4. The number of anilines is 3. The molecule has 5 heterocycles. The lowest BCUT2D eigenvalue weighted by molar-refractivity contribution is 0.0980. The number of nitrogen functional groups attached to an aromatic ring is 1. The number of nitrogens with two attached hydrogens (primary N) is 2. The number of fused-ring (bicyclic) bond motifs is 2. The molecule has 3 aliphatic rings. The minimum Gasteiger partial charge on any atom is -0.382 e. The van der Waals surface area contributed by atoms with Crippen molar-refractivity contribution in [2.75, 3.05) is 35.2 Å². The van der Waals surface area contributed by atoms with Gasteiger partial charge in [0.05, 0.1) is 29.5 Å². The van der Waals surface area contributed by atoms with Crippen LogP contribution in [0.25, 0.3) is 11.3 Å². The first-order valence-electron chi connectivity index (χ1n) is 13.9. The van der Waals surface area contributed by atoms with Crippen LogP contribution in [0.5, 0.6) is 0 Å². The van der Waals surface area contributed by atoms with Gasteiger partial charge in [-0.15, -0.1) is 0 Å². The molecule has 7 rings (SSSR count). The topological polar surface area (TPSA) is 132 Å². The molecule has 1 atom stereocenters. The maximum absolute atomic E-state index is 13.6. The van der Waals surface area contributed by atoms with Gasteiger partial charge in [0.25, 0.3) is 5.91 Å². The van der Waals surface area contributed by atoms with E-state index in [1.807, 2.05) is 25.4 Å². The van der Waals surface area contributed by atoms with Crippen LogP contribution in [0, 0.1) is 5.41 Å². The molecule has 40 heavy (non-hydrogen) atoms. The summed E-state index contributed by atoms with van der Waals surface area (Å²) in [6.45, 7) is 2.24.